The Kier molecular flexibility index (Phi) is 5.63. The van der Waals surface area contributed by atoms with Crippen molar-refractivity contribution in [3.05, 3.63) is 24.3 Å². The molecular weight excluding hydrogens is 424 g/mol. The highest BCUT2D eigenvalue weighted by atomic mass is 16.6. The number of carbonyl (C=O) groups is 4. The van der Waals surface area contributed by atoms with Crippen molar-refractivity contribution in [2.45, 2.75) is 58.4 Å². The van der Waals surface area contributed by atoms with Crippen molar-refractivity contribution >= 4 is 29.4 Å². The van der Waals surface area contributed by atoms with E-state index in [1.807, 2.05) is 0 Å². The highest BCUT2D eigenvalue weighted by Gasteiger charge is 2.66. The average molecular weight is 458 g/mol. The number of ketones is 1. The molecule has 8 nitrogen and oxygen atoms in total. The topological polar surface area (TPSA) is 110 Å². The number of benzene rings is 1. The molecule has 2 N–H and O–H groups in total. The van der Waals surface area contributed by atoms with Crippen LogP contribution < -0.4 is 10.1 Å². The van der Waals surface area contributed by atoms with Gasteiger partial charge in [-0.05, 0) is 88.5 Å². The number of quaternary nitrogens is 1. The molecule has 2 amide bonds. The van der Waals surface area contributed by atoms with Crippen LogP contribution in [0.25, 0.3) is 0 Å². The fraction of sp³-hybridized carbons (Fsp3) is 0.600. The van der Waals surface area contributed by atoms with Crippen LogP contribution in [0.2, 0.25) is 0 Å². The van der Waals surface area contributed by atoms with E-state index in [9.17, 15) is 19.2 Å². The van der Waals surface area contributed by atoms with Crippen LogP contribution in [-0.4, -0.2) is 53.5 Å². The molecule has 4 bridgehead atoms. The molecule has 2 unspecified atom stereocenters. The maximum atomic E-state index is 13.8. The maximum absolute atomic E-state index is 13.8. The van der Waals surface area contributed by atoms with Gasteiger partial charge in [-0.25, -0.2) is 4.79 Å². The van der Waals surface area contributed by atoms with Crippen LogP contribution >= 0.6 is 0 Å². The van der Waals surface area contributed by atoms with E-state index in [0.717, 1.165) is 32.1 Å². The number of hydrogen-bond donors (Lipinski definition) is 2. The van der Waals surface area contributed by atoms with E-state index in [1.165, 1.54) is 6.92 Å². The van der Waals surface area contributed by atoms with Crippen LogP contribution in [0.1, 0.15) is 52.4 Å². The number of anilines is 1. The summed E-state index contributed by atoms with van der Waals surface area (Å²) < 4.78 is 5.01. The van der Waals surface area contributed by atoms with E-state index in [1.54, 1.807) is 45.3 Å². The third-order valence-electron chi connectivity index (χ3n) is 8.04. The van der Waals surface area contributed by atoms with Crippen molar-refractivity contribution in [2.24, 2.45) is 22.7 Å². The van der Waals surface area contributed by atoms with Gasteiger partial charge >= 0.3 is 18.0 Å². The number of imide groups is 1. The fourth-order valence-electron chi connectivity index (χ4n) is 6.75. The Morgan fingerprint density at radius 1 is 1.03 bits per heavy atom. The highest BCUT2D eigenvalue weighted by Crippen LogP contribution is 2.66. The lowest BCUT2D eigenvalue weighted by atomic mass is 9.43. The predicted molar refractivity (Wildman–Crippen MR) is 121 cm³/mol. The van der Waals surface area contributed by atoms with Crippen LogP contribution in [0, 0.1) is 22.7 Å². The second-order valence-corrected chi connectivity index (χ2v) is 10.9. The van der Waals surface area contributed by atoms with Crippen LogP contribution in [0.3, 0.4) is 0 Å². The molecule has 0 saturated heterocycles. The first-order valence-electron chi connectivity index (χ1n) is 11.6. The summed E-state index contributed by atoms with van der Waals surface area (Å²) in [6.45, 7) is 3.18. The first-order chi connectivity index (χ1) is 15.4. The molecule has 0 spiro atoms. The van der Waals surface area contributed by atoms with Gasteiger partial charge in [0.1, 0.15) is 17.6 Å². The molecular formula is C25H33N2O6+. The molecule has 1 aromatic rings. The zero-order valence-electron chi connectivity index (χ0n) is 19.7. The van der Waals surface area contributed by atoms with Crippen LogP contribution in [-0.2, 0) is 14.4 Å². The molecule has 4 aliphatic rings. The molecule has 178 valence electrons. The SMILES string of the molecule is CC(=O)C12CC3CC(C1)CC(C(=O)[N+](C)(C)C(=O)Oc1ccc(N[C@@H](C)C(=O)O)cc1)(C3)C2. The number of carbonyl (C=O) groups excluding carboxylic acids is 3. The van der Waals surface area contributed by atoms with Gasteiger partial charge in [-0.3, -0.25) is 9.59 Å². The van der Waals surface area contributed by atoms with E-state index in [0.29, 0.717) is 23.9 Å². The minimum Gasteiger partial charge on any atom is -0.480 e. The van der Waals surface area contributed by atoms with Crippen molar-refractivity contribution in [1.29, 1.82) is 0 Å². The monoisotopic (exact) mass is 457 g/mol. The number of aliphatic carboxylic acids is 1. The molecule has 0 radical (unpaired) electrons. The molecule has 3 atom stereocenters. The molecule has 0 aromatic heterocycles. The van der Waals surface area contributed by atoms with Crippen molar-refractivity contribution in [3.8, 4) is 5.75 Å². The second kappa shape index (κ2) is 7.94. The average Bonchev–Trinajstić information content (AvgIpc) is 2.73. The summed E-state index contributed by atoms with van der Waals surface area (Å²) in [5.41, 5.74) is -0.490. The van der Waals surface area contributed by atoms with Crippen molar-refractivity contribution in [2.75, 3.05) is 19.4 Å². The van der Waals surface area contributed by atoms with Crippen molar-refractivity contribution < 1.29 is 33.5 Å². The lowest BCUT2D eigenvalue weighted by Crippen LogP contribution is -2.65. The van der Waals surface area contributed by atoms with Crippen LogP contribution in [0.4, 0.5) is 10.5 Å². The van der Waals surface area contributed by atoms with Gasteiger partial charge in [-0.2, -0.15) is 9.28 Å². The number of amides is 2. The molecule has 1 aromatic carbocycles. The van der Waals surface area contributed by atoms with Gasteiger partial charge in [0.25, 0.3) is 0 Å². The Morgan fingerprint density at radius 2 is 1.58 bits per heavy atom. The summed E-state index contributed by atoms with van der Waals surface area (Å²) in [7, 11) is 3.13. The first kappa shape index (κ1) is 23.4. The smallest absolute Gasteiger partial charge is 0.480 e. The summed E-state index contributed by atoms with van der Waals surface area (Å²) in [5, 5.41) is 11.8. The Labute approximate surface area is 193 Å². The third-order valence-corrected chi connectivity index (χ3v) is 8.04. The molecule has 0 heterocycles. The largest absolute Gasteiger partial charge is 0.528 e. The van der Waals surface area contributed by atoms with Crippen molar-refractivity contribution in [3.63, 3.8) is 0 Å². The van der Waals surface area contributed by atoms with E-state index < -0.39 is 33.4 Å². The minimum atomic E-state index is -0.973. The molecule has 33 heavy (non-hydrogen) atoms. The summed E-state index contributed by atoms with van der Waals surface area (Å²) >= 11 is 0. The standard InChI is InChI=1S/C25H32N2O6/c1-15(21(29)30)26-19-5-7-20(8-6-19)33-23(32)27(3,4)22(31)25-12-17-9-18(13-25)11-24(10-17,14-25)16(2)28/h5-8,15,17-18,26H,9-14H2,1-4H3/p+1/t15-,17?,18?,24?,25?/m0/s1. The van der Waals surface area contributed by atoms with Gasteiger partial charge in [0.15, 0.2) is 0 Å². The summed E-state index contributed by atoms with van der Waals surface area (Å²) in [5.74, 6) is 0.0395. The molecule has 8 heteroatoms. The fourth-order valence-corrected chi connectivity index (χ4v) is 6.75. The van der Waals surface area contributed by atoms with Crippen molar-refractivity contribution in [1.82, 2.24) is 0 Å². The summed E-state index contributed by atoms with van der Waals surface area (Å²) in [6.07, 6.45) is 4.16. The molecule has 4 saturated carbocycles. The number of rotatable bonds is 6. The molecule has 4 fully saturated rings. The van der Waals surface area contributed by atoms with Gasteiger partial charge in [0.05, 0.1) is 19.5 Å². The number of carboxylic acids is 1. The number of nitrogens with zero attached hydrogens (tertiary/aromatic N) is 1. The summed E-state index contributed by atoms with van der Waals surface area (Å²) in [6, 6.07) is 5.62. The normalized spacial score (nSPS) is 31.0. The quantitative estimate of drug-likeness (QED) is 0.625. The van der Waals surface area contributed by atoms with Crippen LogP contribution in [0.5, 0.6) is 5.75 Å². The number of hydrogen-bond acceptors (Lipinski definition) is 6. The van der Waals surface area contributed by atoms with Gasteiger partial charge < -0.3 is 15.2 Å². The van der Waals surface area contributed by atoms with Gasteiger partial charge in [0, 0.05) is 11.1 Å². The lowest BCUT2D eigenvalue weighted by molar-refractivity contribution is -0.741. The van der Waals surface area contributed by atoms with E-state index >= 15 is 0 Å². The highest BCUT2D eigenvalue weighted by molar-refractivity contribution is 5.89. The Bertz CT molecular complexity index is 985. The van der Waals surface area contributed by atoms with Crippen LogP contribution in [0.15, 0.2) is 24.3 Å². The molecule has 5 rings (SSSR count). The van der Waals surface area contributed by atoms with E-state index in [-0.39, 0.29) is 17.4 Å². The Morgan fingerprint density at radius 3 is 2.09 bits per heavy atom. The predicted octanol–water partition coefficient (Wildman–Crippen LogP) is 3.85. The zero-order chi connectivity index (χ0) is 24.2. The number of Topliss-reactive ketones (excluding diaryl/α,β-unsaturated/α-hetero) is 1. The number of carboxylic acid groups (broad SMARTS) is 1. The minimum absolute atomic E-state index is 0.166. The maximum Gasteiger partial charge on any atom is 0.528 e. The Hall–Kier alpha value is -2.74. The second-order valence-electron chi connectivity index (χ2n) is 10.9. The van der Waals surface area contributed by atoms with E-state index in [4.69, 9.17) is 9.84 Å². The molecule has 4 aliphatic carbocycles. The Balaban J connectivity index is 1.49. The van der Waals surface area contributed by atoms with E-state index in [2.05, 4.69) is 5.32 Å². The zero-order valence-corrected chi connectivity index (χ0v) is 19.7. The lowest BCUT2D eigenvalue weighted by Gasteiger charge is -2.60. The molecule has 0 aliphatic heterocycles. The summed E-state index contributed by atoms with van der Waals surface area (Å²) in [4.78, 5) is 50.5. The number of nitrogens with one attached hydrogen (secondary N) is 1. The van der Waals surface area contributed by atoms with Gasteiger partial charge in [-0.1, -0.05) is 0 Å². The first-order valence-corrected chi connectivity index (χ1v) is 11.6. The number of ether oxygens (including phenoxy) is 1. The third kappa shape index (κ3) is 4.05. The van der Waals surface area contributed by atoms with Gasteiger partial charge in [0.2, 0.25) is 0 Å². The van der Waals surface area contributed by atoms with Gasteiger partial charge in [-0.15, -0.1) is 0 Å².